The van der Waals surface area contributed by atoms with Gasteiger partial charge in [0.25, 0.3) is 11.5 Å². The van der Waals surface area contributed by atoms with Gasteiger partial charge in [0, 0.05) is 35.4 Å². The van der Waals surface area contributed by atoms with Crippen LogP contribution in [0.15, 0.2) is 59.5 Å². The summed E-state index contributed by atoms with van der Waals surface area (Å²) >= 11 is 6.00. The number of amides is 1. The number of hydrogen-bond donors (Lipinski definition) is 1. The van der Waals surface area contributed by atoms with Crippen LogP contribution in [0, 0.1) is 5.41 Å². The lowest BCUT2D eigenvalue weighted by Crippen LogP contribution is -2.38. The first-order chi connectivity index (χ1) is 15.7. The van der Waals surface area contributed by atoms with Gasteiger partial charge in [0.15, 0.2) is 5.78 Å². The van der Waals surface area contributed by atoms with E-state index in [2.05, 4.69) is 12.2 Å². The molecule has 0 spiro atoms. The predicted octanol–water partition coefficient (Wildman–Crippen LogP) is 5.14. The normalized spacial score (nSPS) is 14.6. The zero-order valence-electron chi connectivity index (χ0n) is 19.1. The first-order valence-electron chi connectivity index (χ1n) is 11.1. The van der Waals surface area contributed by atoms with Gasteiger partial charge in [-0.25, -0.2) is 0 Å². The van der Waals surface area contributed by atoms with Crippen LogP contribution in [0.25, 0.3) is 5.69 Å². The lowest BCUT2D eigenvalue weighted by atomic mass is 9.73. The van der Waals surface area contributed by atoms with E-state index in [0.29, 0.717) is 41.2 Å². The number of carbonyl (C=O) groups is 2. The molecule has 6 heteroatoms. The van der Waals surface area contributed by atoms with E-state index >= 15 is 0 Å². The van der Waals surface area contributed by atoms with E-state index in [1.165, 1.54) is 10.1 Å². The number of benzene rings is 2. The Morgan fingerprint density at radius 1 is 1.00 bits per heavy atom. The molecule has 33 heavy (non-hydrogen) atoms. The molecule has 0 unspecified atom stereocenters. The van der Waals surface area contributed by atoms with Gasteiger partial charge in [0.05, 0.1) is 0 Å². The number of rotatable bonds is 5. The lowest BCUT2D eigenvalue weighted by Gasteiger charge is -2.31. The molecule has 1 aliphatic rings. The van der Waals surface area contributed by atoms with Crippen molar-refractivity contribution >= 4 is 23.3 Å². The third kappa shape index (κ3) is 4.79. The minimum atomic E-state index is -0.468. The second-order valence-electron chi connectivity index (χ2n) is 9.34. The van der Waals surface area contributed by atoms with Gasteiger partial charge in [0.1, 0.15) is 5.56 Å². The largest absolute Gasteiger partial charge is 0.348 e. The molecule has 1 heterocycles. The van der Waals surface area contributed by atoms with Crippen LogP contribution in [0.1, 0.15) is 64.6 Å². The van der Waals surface area contributed by atoms with Gasteiger partial charge in [-0.1, -0.05) is 56.6 Å². The van der Waals surface area contributed by atoms with Crippen molar-refractivity contribution in [3.05, 3.63) is 97.9 Å². The minimum Gasteiger partial charge on any atom is -0.348 e. The summed E-state index contributed by atoms with van der Waals surface area (Å²) in [6.45, 7) is 6.35. The van der Waals surface area contributed by atoms with Crippen LogP contribution in [-0.2, 0) is 19.4 Å². The van der Waals surface area contributed by atoms with E-state index in [4.69, 9.17) is 11.6 Å². The van der Waals surface area contributed by atoms with Gasteiger partial charge >= 0.3 is 0 Å². The van der Waals surface area contributed by atoms with Crippen LogP contribution < -0.4 is 10.9 Å². The Morgan fingerprint density at radius 3 is 2.27 bits per heavy atom. The quantitative estimate of drug-likeness (QED) is 0.571. The summed E-state index contributed by atoms with van der Waals surface area (Å²) in [7, 11) is 0. The third-order valence-corrected chi connectivity index (χ3v) is 6.38. The first-order valence-corrected chi connectivity index (χ1v) is 11.5. The molecule has 5 nitrogen and oxygen atoms in total. The summed E-state index contributed by atoms with van der Waals surface area (Å²) in [6, 6.07) is 14.7. The monoisotopic (exact) mass is 462 g/mol. The number of carbonyl (C=O) groups excluding carboxylic acids is 2. The number of hydrogen-bond acceptors (Lipinski definition) is 3. The maximum atomic E-state index is 13.5. The maximum absolute atomic E-state index is 13.5. The molecule has 0 atom stereocenters. The fourth-order valence-corrected chi connectivity index (χ4v) is 4.46. The van der Waals surface area contributed by atoms with Crippen LogP contribution in [0.5, 0.6) is 0 Å². The highest BCUT2D eigenvalue weighted by molar-refractivity contribution is 6.30. The number of aromatic nitrogens is 1. The lowest BCUT2D eigenvalue weighted by molar-refractivity contribution is 0.0909. The van der Waals surface area contributed by atoms with Gasteiger partial charge in [-0.2, -0.15) is 0 Å². The molecule has 1 aliphatic carbocycles. The summed E-state index contributed by atoms with van der Waals surface area (Å²) < 4.78 is 1.37. The molecule has 3 aromatic rings. The van der Waals surface area contributed by atoms with Crippen LogP contribution in [0.3, 0.4) is 0 Å². The van der Waals surface area contributed by atoms with Gasteiger partial charge in [-0.15, -0.1) is 0 Å². The maximum Gasteiger partial charge on any atom is 0.268 e. The van der Waals surface area contributed by atoms with E-state index in [9.17, 15) is 14.4 Å². The molecule has 0 fully saturated rings. The average molecular weight is 463 g/mol. The molecular weight excluding hydrogens is 436 g/mol. The molecule has 0 saturated heterocycles. The molecule has 0 saturated carbocycles. The fourth-order valence-electron chi connectivity index (χ4n) is 4.34. The SMILES string of the molecule is CCc1ccc(CNC(=O)c2c3c(cn(-c4ccc(Cl)cc4)c2=O)C(=O)CC(C)(C)C3)cc1. The molecule has 4 rings (SSSR count). The molecule has 170 valence electrons. The Balaban J connectivity index is 1.77. The van der Waals surface area contributed by atoms with E-state index in [-0.39, 0.29) is 16.8 Å². The Labute approximate surface area is 198 Å². The Kier molecular flexibility index (Phi) is 6.26. The number of halogens is 1. The highest BCUT2D eigenvalue weighted by atomic mass is 35.5. The fraction of sp³-hybridized carbons (Fsp3) is 0.296. The van der Waals surface area contributed by atoms with Crippen molar-refractivity contribution in [2.75, 3.05) is 0 Å². The number of Topliss-reactive ketones (excluding diaryl/α,β-unsaturated/α-hetero) is 1. The predicted molar refractivity (Wildman–Crippen MR) is 130 cm³/mol. The van der Waals surface area contributed by atoms with Crippen LogP contribution in [0.4, 0.5) is 0 Å². The Bertz CT molecular complexity index is 1270. The molecule has 0 bridgehead atoms. The number of nitrogens with zero attached hydrogens (tertiary/aromatic N) is 1. The Morgan fingerprint density at radius 2 is 1.64 bits per heavy atom. The van der Waals surface area contributed by atoms with Crippen molar-refractivity contribution in [1.82, 2.24) is 9.88 Å². The highest BCUT2D eigenvalue weighted by Crippen LogP contribution is 2.35. The first kappa shape index (κ1) is 23.0. The third-order valence-electron chi connectivity index (χ3n) is 6.13. The van der Waals surface area contributed by atoms with Crippen molar-refractivity contribution in [1.29, 1.82) is 0 Å². The number of ketones is 1. The van der Waals surface area contributed by atoms with E-state index in [1.807, 2.05) is 38.1 Å². The molecule has 0 aliphatic heterocycles. The molecule has 1 amide bonds. The van der Waals surface area contributed by atoms with Gasteiger partial charge in [0.2, 0.25) is 0 Å². The zero-order valence-corrected chi connectivity index (χ0v) is 19.8. The van der Waals surface area contributed by atoms with Crippen molar-refractivity contribution in [2.45, 2.75) is 46.6 Å². The molecular formula is C27H27ClN2O3. The van der Waals surface area contributed by atoms with Crippen LogP contribution >= 0.6 is 11.6 Å². The summed E-state index contributed by atoms with van der Waals surface area (Å²) in [4.78, 5) is 39.9. The molecule has 2 aromatic carbocycles. The summed E-state index contributed by atoms with van der Waals surface area (Å²) in [6.07, 6.45) is 3.36. The van der Waals surface area contributed by atoms with Gasteiger partial charge in [-0.3, -0.25) is 19.0 Å². The van der Waals surface area contributed by atoms with Crippen molar-refractivity contribution < 1.29 is 9.59 Å². The van der Waals surface area contributed by atoms with Crippen LogP contribution in [0.2, 0.25) is 5.02 Å². The van der Waals surface area contributed by atoms with Crippen molar-refractivity contribution in [2.24, 2.45) is 5.41 Å². The van der Waals surface area contributed by atoms with Gasteiger partial charge < -0.3 is 5.32 Å². The van der Waals surface area contributed by atoms with Crippen molar-refractivity contribution in [3.63, 3.8) is 0 Å². The number of nitrogens with one attached hydrogen (secondary N) is 1. The van der Waals surface area contributed by atoms with Crippen LogP contribution in [-0.4, -0.2) is 16.3 Å². The van der Waals surface area contributed by atoms with E-state index in [1.54, 1.807) is 30.5 Å². The second-order valence-corrected chi connectivity index (χ2v) is 9.78. The average Bonchev–Trinajstić information content (AvgIpc) is 2.77. The van der Waals surface area contributed by atoms with Gasteiger partial charge in [-0.05, 0) is 59.2 Å². The summed E-state index contributed by atoms with van der Waals surface area (Å²) in [5.74, 6) is -0.530. The van der Waals surface area contributed by atoms with Crippen molar-refractivity contribution in [3.8, 4) is 5.69 Å². The Hall–Kier alpha value is -3.18. The molecule has 0 radical (unpaired) electrons. The summed E-state index contributed by atoms with van der Waals surface area (Å²) in [5.41, 5.74) is 2.94. The topological polar surface area (TPSA) is 68.2 Å². The number of aryl methyl sites for hydroxylation is 1. The number of pyridine rings is 1. The molecule has 1 N–H and O–H groups in total. The summed E-state index contributed by atoms with van der Waals surface area (Å²) in [5, 5.41) is 3.43. The highest BCUT2D eigenvalue weighted by Gasteiger charge is 2.35. The van der Waals surface area contributed by atoms with E-state index < -0.39 is 11.5 Å². The van der Waals surface area contributed by atoms with E-state index in [0.717, 1.165) is 12.0 Å². The zero-order chi connectivity index (χ0) is 23.8. The standard InChI is InChI=1S/C27H27ClN2O3/c1-4-17-5-7-18(8-6-17)15-29-25(32)24-21-13-27(2,3)14-23(31)22(21)16-30(26(24)33)20-11-9-19(28)10-12-20/h5-12,16H,4,13-15H2,1-3H3,(H,29,32). The smallest absolute Gasteiger partial charge is 0.268 e. The second kappa shape index (κ2) is 8.99. The number of fused-ring (bicyclic) bond motifs is 1. The minimum absolute atomic E-state index is 0.0359. The molecule has 1 aromatic heterocycles.